The van der Waals surface area contributed by atoms with Crippen molar-refractivity contribution in [3.05, 3.63) is 48.0 Å². The molecule has 0 saturated heterocycles. The Hall–Kier alpha value is -1.82. The quantitative estimate of drug-likeness (QED) is 0.747. The molecule has 23 heavy (non-hydrogen) atoms. The first-order valence-corrected chi connectivity index (χ1v) is 8.45. The molecule has 2 N–H and O–H groups in total. The van der Waals surface area contributed by atoms with Gasteiger partial charge in [0.2, 0.25) is 0 Å². The summed E-state index contributed by atoms with van der Waals surface area (Å²) in [7, 11) is 0. The van der Waals surface area contributed by atoms with Crippen LogP contribution in [0.1, 0.15) is 25.0 Å². The molecule has 0 saturated carbocycles. The molecule has 0 fully saturated rings. The minimum Gasteiger partial charge on any atom is -0.456 e. The fourth-order valence-electron chi connectivity index (χ4n) is 2.63. The molecule has 0 aliphatic rings. The van der Waals surface area contributed by atoms with Crippen molar-refractivity contribution < 1.29 is 19.4 Å². The van der Waals surface area contributed by atoms with Crippen LogP contribution in [0.3, 0.4) is 0 Å². The lowest BCUT2D eigenvalue weighted by atomic mass is 10.0. The van der Waals surface area contributed by atoms with Gasteiger partial charge in [-0.1, -0.05) is 36.0 Å². The maximum Gasteiger partial charge on any atom is 0.185 e. The van der Waals surface area contributed by atoms with Crippen molar-refractivity contribution in [3.8, 4) is 0 Å². The number of aliphatic hydroxyl groups is 2. The zero-order valence-corrected chi connectivity index (χ0v) is 13.5. The molecule has 3 aromatic rings. The third kappa shape index (κ3) is 3.42. The van der Waals surface area contributed by atoms with Crippen LogP contribution in [0, 0.1) is 0 Å². The van der Waals surface area contributed by atoms with Gasteiger partial charge in [-0.2, -0.15) is 0 Å². The van der Waals surface area contributed by atoms with Crippen molar-refractivity contribution in [2.45, 2.75) is 25.6 Å². The molecule has 0 aliphatic heterocycles. The molecule has 5 heteroatoms. The largest absolute Gasteiger partial charge is 0.456 e. The lowest BCUT2D eigenvalue weighted by Gasteiger charge is -2.17. The zero-order valence-electron chi connectivity index (χ0n) is 12.7. The van der Waals surface area contributed by atoms with E-state index >= 15 is 0 Å². The molecule has 0 aliphatic carbocycles. The van der Waals surface area contributed by atoms with E-state index in [0.717, 1.165) is 33.7 Å². The summed E-state index contributed by atoms with van der Waals surface area (Å²) in [5.74, 6) is 0.491. The van der Waals surface area contributed by atoms with Gasteiger partial charge in [0.05, 0.1) is 6.10 Å². The fourth-order valence-corrected chi connectivity index (χ4v) is 3.28. The Morgan fingerprint density at radius 2 is 1.87 bits per heavy atom. The molecular formula is C18H18O4S. The topological polar surface area (TPSA) is 70.7 Å². The summed E-state index contributed by atoms with van der Waals surface area (Å²) in [5.41, 5.74) is 2.20. The number of thioether (sulfide) groups is 1. The molecule has 0 spiro atoms. The van der Waals surface area contributed by atoms with Crippen LogP contribution >= 0.6 is 11.8 Å². The third-order valence-corrected chi connectivity index (χ3v) is 4.67. The molecule has 0 radical (unpaired) electrons. The predicted molar refractivity (Wildman–Crippen MR) is 92.4 cm³/mol. The predicted octanol–water partition coefficient (Wildman–Crippen LogP) is 3.65. The Bertz CT molecular complexity index is 839. The standard InChI is InChI=1S/C18H18O4S/c1-11(19)23-9-8-15(20)18(21)12-6-7-17-14(10-12)13-4-2-3-5-16(13)22-17/h2-7,10,15,18,20-21H,8-9H2,1H3. The number of hydrogen-bond acceptors (Lipinski definition) is 5. The normalized spacial score (nSPS) is 14.2. The summed E-state index contributed by atoms with van der Waals surface area (Å²) in [5, 5.41) is 22.4. The van der Waals surface area contributed by atoms with Crippen LogP contribution in [-0.4, -0.2) is 27.2 Å². The van der Waals surface area contributed by atoms with Gasteiger partial charge in [-0.15, -0.1) is 0 Å². The number of rotatable bonds is 5. The molecule has 0 amide bonds. The summed E-state index contributed by atoms with van der Waals surface area (Å²) in [4.78, 5) is 10.9. The van der Waals surface area contributed by atoms with Crippen molar-refractivity contribution in [1.29, 1.82) is 0 Å². The van der Waals surface area contributed by atoms with Crippen molar-refractivity contribution >= 4 is 38.8 Å². The first kappa shape index (κ1) is 16.1. The van der Waals surface area contributed by atoms with Crippen molar-refractivity contribution in [2.24, 2.45) is 0 Å². The molecule has 0 bridgehead atoms. The second-order valence-corrected chi connectivity index (χ2v) is 6.77. The minimum absolute atomic E-state index is 0.0120. The highest BCUT2D eigenvalue weighted by atomic mass is 32.2. The average molecular weight is 330 g/mol. The van der Waals surface area contributed by atoms with Crippen LogP contribution in [0.15, 0.2) is 46.9 Å². The van der Waals surface area contributed by atoms with Gasteiger partial charge in [0.25, 0.3) is 0 Å². The van der Waals surface area contributed by atoms with Crippen LogP contribution < -0.4 is 0 Å². The van der Waals surface area contributed by atoms with E-state index in [2.05, 4.69) is 0 Å². The number of aliphatic hydroxyl groups excluding tert-OH is 2. The van der Waals surface area contributed by atoms with Gasteiger partial charge in [-0.3, -0.25) is 4.79 Å². The van der Waals surface area contributed by atoms with Crippen molar-refractivity contribution in [2.75, 3.05) is 5.75 Å². The second-order valence-electron chi connectivity index (χ2n) is 5.49. The first-order valence-electron chi connectivity index (χ1n) is 7.47. The summed E-state index contributed by atoms with van der Waals surface area (Å²) < 4.78 is 5.75. The zero-order chi connectivity index (χ0) is 16.4. The monoisotopic (exact) mass is 330 g/mol. The molecular weight excluding hydrogens is 312 g/mol. The van der Waals surface area contributed by atoms with Gasteiger partial charge < -0.3 is 14.6 Å². The number of furan rings is 1. The van der Waals surface area contributed by atoms with Crippen LogP contribution in [-0.2, 0) is 4.79 Å². The maximum atomic E-state index is 10.9. The number of carbonyl (C=O) groups is 1. The van der Waals surface area contributed by atoms with Crippen molar-refractivity contribution in [3.63, 3.8) is 0 Å². The molecule has 2 unspecified atom stereocenters. The smallest absolute Gasteiger partial charge is 0.185 e. The van der Waals surface area contributed by atoms with Crippen LogP contribution in [0.5, 0.6) is 0 Å². The molecule has 1 aromatic heterocycles. The Morgan fingerprint density at radius 1 is 1.13 bits per heavy atom. The Balaban J connectivity index is 1.84. The Labute approximate surface area is 138 Å². The van der Waals surface area contributed by atoms with E-state index in [1.807, 2.05) is 36.4 Å². The first-order chi connectivity index (χ1) is 11.1. The van der Waals surface area contributed by atoms with Gasteiger partial charge in [0, 0.05) is 23.4 Å². The van der Waals surface area contributed by atoms with Gasteiger partial charge >= 0.3 is 0 Å². The van der Waals surface area contributed by atoms with Gasteiger partial charge in [0.1, 0.15) is 17.3 Å². The highest BCUT2D eigenvalue weighted by molar-refractivity contribution is 8.13. The lowest BCUT2D eigenvalue weighted by molar-refractivity contribution is -0.109. The van der Waals surface area contributed by atoms with Crippen LogP contribution in [0.25, 0.3) is 21.9 Å². The lowest BCUT2D eigenvalue weighted by Crippen LogP contribution is -2.19. The molecule has 120 valence electrons. The number of carbonyl (C=O) groups excluding carboxylic acids is 1. The Kier molecular flexibility index (Phi) is 4.71. The van der Waals surface area contributed by atoms with E-state index < -0.39 is 12.2 Å². The van der Waals surface area contributed by atoms with E-state index in [9.17, 15) is 15.0 Å². The third-order valence-electron chi connectivity index (χ3n) is 3.83. The van der Waals surface area contributed by atoms with Gasteiger partial charge in [0.15, 0.2) is 5.12 Å². The van der Waals surface area contributed by atoms with Crippen LogP contribution in [0.4, 0.5) is 0 Å². The van der Waals surface area contributed by atoms with E-state index in [1.165, 1.54) is 6.92 Å². The number of hydrogen-bond donors (Lipinski definition) is 2. The van der Waals surface area contributed by atoms with E-state index in [-0.39, 0.29) is 5.12 Å². The number of benzene rings is 2. The van der Waals surface area contributed by atoms with Crippen LogP contribution in [0.2, 0.25) is 0 Å². The fraction of sp³-hybridized carbons (Fsp3) is 0.278. The average Bonchev–Trinajstić information content (AvgIpc) is 2.91. The molecule has 2 aromatic carbocycles. The van der Waals surface area contributed by atoms with Gasteiger partial charge in [-0.05, 0) is 30.2 Å². The summed E-state index contributed by atoms with van der Waals surface area (Å²) >= 11 is 1.15. The minimum atomic E-state index is -0.986. The summed E-state index contributed by atoms with van der Waals surface area (Å²) in [6, 6.07) is 13.1. The SMILES string of the molecule is CC(=O)SCCC(O)C(O)c1ccc2oc3ccccc3c2c1. The Morgan fingerprint density at radius 3 is 2.65 bits per heavy atom. The molecule has 4 nitrogen and oxygen atoms in total. The molecule has 3 rings (SSSR count). The highest BCUT2D eigenvalue weighted by Gasteiger charge is 2.19. The maximum absolute atomic E-state index is 10.9. The summed E-state index contributed by atoms with van der Waals surface area (Å²) in [6.07, 6.45) is -1.53. The van der Waals surface area contributed by atoms with E-state index in [4.69, 9.17) is 4.42 Å². The molecule has 2 atom stereocenters. The van der Waals surface area contributed by atoms with E-state index in [0.29, 0.717) is 17.7 Å². The summed E-state index contributed by atoms with van der Waals surface area (Å²) in [6.45, 7) is 1.49. The number of para-hydroxylation sites is 1. The second kappa shape index (κ2) is 6.74. The molecule has 1 heterocycles. The van der Waals surface area contributed by atoms with Crippen molar-refractivity contribution in [1.82, 2.24) is 0 Å². The van der Waals surface area contributed by atoms with Gasteiger partial charge in [-0.25, -0.2) is 0 Å². The number of fused-ring (bicyclic) bond motifs is 3. The van der Waals surface area contributed by atoms with E-state index in [1.54, 1.807) is 6.07 Å². The highest BCUT2D eigenvalue weighted by Crippen LogP contribution is 2.31.